The number of halogens is 3. The highest BCUT2D eigenvalue weighted by Gasteiger charge is 2.30. The first-order valence-corrected chi connectivity index (χ1v) is 11.4. The minimum atomic E-state index is -4.39. The molecule has 1 fully saturated rings. The van der Waals surface area contributed by atoms with Gasteiger partial charge in [-0.2, -0.15) is 18.2 Å². The molecule has 0 unspecified atom stereocenters. The fourth-order valence-corrected chi connectivity index (χ4v) is 4.78. The molecule has 1 saturated heterocycles. The normalized spacial score (nSPS) is 15.9. The Morgan fingerprint density at radius 2 is 1.72 bits per heavy atom. The molecule has 8 heteroatoms. The number of piperidine rings is 1. The van der Waals surface area contributed by atoms with Crippen LogP contribution in [0.25, 0.3) is 5.69 Å². The van der Waals surface area contributed by atoms with E-state index in [9.17, 15) is 18.0 Å². The molecule has 3 aromatic rings. The van der Waals surface area contributed by atoms with Crippen LogP contribution in [0.1, 0.15) is 28.8 Å². The average Bonchev–Trinajstić information content (AvgIpc) is 3.14. The summed E-state index contributed by atoms with van der Waals surface area (Å²) in [5, 5.41) is 0. The summed E-state index contributed by atoms with van der Waals surface area (Å²) < 4.78 is 40.2. The van der Waals surface area contributed by atoms with E-state index in [1.807, 2.05) is 25.1 Å². The van der Waals surface area contributed by atoms with Crippen LogP contribution in [0.2, 0.25) is 0 Å². The van der Waals surface area contributed by atoms with Crippen molar-refractivity contribution < 1.29 is 18.0 Å². The van der Waals surface area contributed by atoms with Gasteiger partial charge in [0, 0.05) is 29.9 Å². The predicted octanol–water partition coefficient (Wildman–Crippen LogP) is 5.84. The number of thiazole rings is 1. The predicted molar refractivity (Wildman–Crippen MR) is 119 cm³/mol. The fourth-order valence-electron chi connectivity index (χ4n) is 3.96. The van der Waals surface area contributed by atoms with Gasteiger partial charge in [0.2, 0.25) is 0 Å². The molecular weight excluding hydrogens is 435 g/mol. The number of likely N-dealkylation sites (tertiary alicyclic amines) is 1. The smallest absolute Gasteiger partial charge is 0.323 e. The molecule has 2 aromatic carbocycles. The summed E-state index contributed by atoms with van der Waals surface area (Å²) in [6, 6.07) is 14.9. The zero-order valence-corrected chi connectivity index (χ0v) is 18.5. The van der Waals surface area contributed by atoms with Gasteiger partial charge in [0.05, 0.1) is 5.56 Å². The number of nitrogens with zero attached hydrogens (tertiary/aromatic N) is 3. The number of hydrogen-bond donors (Lipinski definition) is 0. The molecule has 0 aliphatic carbocycles. The lowest BCUT2D eigenvalue weighted by atomic mass is 9.90. The van der Waals surface area contributed by atoms with Gasteiger partial charge in [-0.1, -0.05) is 30.3 Å². The molecule has 0 bridgehead atoms. The van der Waals surface area contributed by atoms with E-state index in [0.717, 1.165) is 36.3 Å². The van der Waals surface area contributed by atoms with Crippen LogP contribution >= 0.6 is 11.3 Å². The Bertz CT molecular complexity index is 1130. The molecule has 1 aliphatic heterocycles. The summed E-state index contributed by atoms with van der Waals surface area (Å²) in [6.45, 7) is 3.19. The topological polar surface area (TPSA) is 37.6 Å². The number of alkyl halides is 3. The number of carbonyl (C=O) groups is 1. The van der Waals surface area contributed by atoms with Gasteiger partial charge >= 0.3 is 12.2 Å². The van der Waals surface area contributed by atoms with Crippen LogP contribution in [0.4, 0.5) is 18.0 Å². The monoisotopic (exact) mass is 459 g/mol. The van der Waals surface area contributed by atoms with Crippen molar-refractivity contribution >= 4 is 17.4 Å². The molecule has 4 rings (SSSR count). The molecule has 168 valence electrons. The zero-order chi connectivity index (χ0) is 22.7. The Morgan fingerprint density at radius 3 is 2.34 bits per heavy atom. The van der Waals surface area contributed by atoms with E-state index < -0.39 is 11.7 Å². The Balaban J connectivity index is 1.46. The van der Waals surface area contributed by atoms with Crippen LogP contribution in [0.15, 0.2) is 65.8 Å². The minimum absolute atomic E-state index is 0.300. The Morgan fingerprint density at radius 1 is 1.06 bits per heavy atom. The van der Waals surface area contributed by atoms with E-state index in [1.54, 1.807) is 15.7 Å². The van der Waals surface area contributed by atoms with E-state index in [4.69, 9.17) is 0 Å². The van der Waals surface area contributed by atoms with Crippen molar-refractivity contribution in [2.24, 2.45) is 10.9 Å². The Labute approximate surface area is 188 Å². The van der Waals surface area contributed by atoms with Crippen molar-refractivity contribution in [1.29, 1.82) is 0 Å². The van der Waals surface area contributed by atoms with Crippen molar-refractivity contribution in [2.45, 2.75) is 32.4 Å². The third kappa shape index (κ3) is 5.30. The first kappa shape index (κ1) is 22.3. The number of amides is 2. The van der Waals surface area contributed by atoms with Gasteiger partial charge in [-0.05, 0) is 61.9 Å². The lowest BCUT2D eigenvalue weighted by molar-refractivity contribution is -0.137. The van der Waals surface area contributed by atoms with Crippen LogP contribution in [-0.4, -0.2) is 28.6 Å². The van der Waals surface area contributed by atoms with Gasteiger partial charge in [-0.15, -0.1) is 11.3 Å². The van der Waals surface area contributed by atoms with E-state index in [0.29, 0.717) is 29.5 Å². The van der Waals surface area contributed by atoms with Crippen molar-refractivity contribution in [2.75, 3.05) is 13.1 Å². The molecule has 0 radical (unpaired) electrons. The van der Waals surface area contributed by atoms with Crippen molar-refractivity contribution in [3.8, 4) is 5.69 Å². The molecule has 0 saturated carbocycles. The summed E-state index contributed by atoms with van der Waals surface area (Å²) in [5.74, 6) is 0.544. The quantitative estimate of drug-likeness (QED) is 0.485. The third-order valence-corrected chi connectivity index (χ3v) is 6.58. The van der Waals surface area contributed by atoms with Gasteiger partial charge < -0.3 is 4.90 Å². The van der Waals surface area contributed by atoms with Crippen LogP contribution in [0.5, 0.6) is 0 Å². The zero-order valence-electron chi connectivity index (χ0n) is 17.7. The summed E-state index contributed by atoms with van der Waals surface area (Å²) in [6.07, 6.45) is 0.268. The van der Waals surface area contributed by atoms with Crippen LogP contribution in [0.3, 0.4) is 0 Å². The second-order valence-electron chi connectivity index (χ2n) is 8.05. The molecule has 0 N–H and O–H groups in total. The van der Waals surface area contributed by atoms with E-state index in [2.05, 4.69) is 17.1 Å². The Kier molecular flexibility index (Phi) is 6.50. The van der Waals surface area contributed by atoms with Crippen molar-refractivity contribution in [1.82, 2.24) is 9.47 Å². The lowest BCUT2D eigenvalue weighted by Crippen LogP contribution is -2.38. The number of aryl methyl sites for hydroxylation is 1. The van der Waals surface area contributed by atoms with E-state index in [1.165, 1.54) is 29.0 Å². The minimum Gasteiger partial charge on any atom is -0.323 e. The molecule has 0 atom stereocenters. The van der Waals surface area contributed by atoms with Gasteiger partial charge in [-0.3, -0.25) is 4.57 Å². The number of aromatic nitrogens is 1. The Hall–Kier alpha value is -2.87. The molecule has 4 nitrogen and oxygen atoms in total. The molecule has 2 amide bonds. The first-order valence-electron chi connectivity index (χ1n) is 10.5. The summed E-state index contributed by atoms with van der Waals surface area (Å²) >= 11 is 1.34. The van der Waals surface area contributed by atoms with Crippen LogP contribution in [-0.2, 0) is 12.6 Å². The average molecular weight is 460 g/mol. The highest BCUT2D eigenvalue weighted by atomic mass is 32.1. The molecule has 2 heterocycles. The number of benzene rings is 2. The second-order valence-corrected chi connectivity index (χ2v) is 9.27. The number of urea groups is 1. The van der Waals surface area contributed by atoms with E-state index in [-0.39, 0.29) is 6.03 Å². The SMILES string of the molecule is Cc1cn(-c2ccc(C(F)(F)F)cc2)/c(=N/C(=O)N2CCC(Cc3ccccc3)CC2)s1. The maximum absolute atomic E-state index is 12.9. The molecular formula is C24H24F3N3OS. The van der Waals surface area contributed by atoms with Crippen LogP contribution in [0, 0.1) is 12.8 Å². The highest BCUT2D eigenvalue weighted by Crippen LogP contribution is 2.29. The maximum atomic E-state index is 12.9. The first-order chi connectivity index (χ1) is 15.3. The maximum Gasteiger partial charge on any atom is 0.416 e. The van der Waals surface area contributed by atoms with Gasteiger partial charge in [0.1, 0.15) is 0 Å². The second kappa shape index (κ2) is 9.32. The largest absolute Gasteiger partial charge is 0.416 e. The summed E-state index contributed by atoms with van der Waals surface area (Å²) in [5.41, 5.74) is 1.14. The summed E-state index contributed by atoms with van der Waals surface area (Å²) in [7, 11) is 0. The number of carbonyl (C=O) groups excluding carboxylic acids is 1. The van der Waals surface area contributed by atoms with Crippen molar-refractivity contribution in [3.63, 3.8) is 0 Å². The van der Waals surface area contributed by atoms with Crippen LogP contribution < -0.4 is 4.80 Å². The molecule has 0 spiro atoms. The van der Waals surface area contributed by atoms with Gasteiger partial charge in [-0.25, -0.2) is 4.79 Å². The fraction of sp³-hybridized carbons (Fsp3) is 0.333. The van der Waals surface area contributed by atoms with E-state index >= 15 is 0 Å². The standard InChI is InChI=1S/C24H24F3N3OS/c1-17-16-30(21-9-7-20(8-10-21)24(25,26)27)23(32-17)28-22(31)29-13-11-19(12-14-29)15-18-5-3-2-4-6-18/h2-10,16,19H,11-15H2,1H3/b28-23-. The lowest BCUT2D eigenvalue weighted by Gasteiger charge is -2.30. The van der Waals surface area contributed by atoms with Gasteiger partial charge in [0.15, 0.2) is 4.80 Å². The molecule has 1 aliphatic rings. The molecule has 1 aromatic heterocycles. The summed E-state index contributed by atoms with van der Waals surface area (Å²) in [4.78, 5) is 20.3. The molecule has 32 heavy (non-hydrogen) atoms. The highest BCUT2D eigenvalue weighted by molar-refractivity contribution is 7.09. The third-order valence-electron chi connectivity index (χ3n) is 5.69. The number of rotatable bonds is 3. The number of hydrogen-bond acceptors (Lipinski definition) is 2. The van der Waals surface area contributed by atoms with Gasteiger partial charge in [0.25, 0.3) is 0 Å². The van der Waals surface area contributed by atoms with Crippen molar-refractivity contribution in [3.05, 3.63) is 81.6 Å².